The van der Waals surface area contributed by atoms with Crippen molar-refractivity contribution in [3.8, 4) is 5.75 Å². The van der Waals surface area contributed by atoms with Crippen LogP contribution in [0, 0.1) is 0 Å². The number of para-hydroxylation sites is 1. The highest BCUT2D eigenvalue weighted by molar-refractivity contribution is 7.81. The second-order valence-electron chi connectivity index (χ2n) is 7.11. The first-order valence-corrected chi connectivity index (χ1v) is 11.6. The Hall–Kier alpha value is -1.07. The summed E-state index contributed by atoms with van der Waals surface area (Å²) in [6, 6.07) is 6.98. The smallest absolute Gasteiger partial charge is 0.362 e. The average Bonchev–Trinajstić information content (AvgIpc) is 2.59. The van der Waals surface area contributed by atoms with Crippen molar-refractivity contribution >= 4 is 10.4 Å². The van der Waals surface area contributed by atoms with Crippen LogP contribution < -0.4 is 4.18 Å². The Morgan fingerprint density at radius 2 is 1.23 bits per heavy atom. The summed E-state index contributed by atoms with van der Waals surface area (Å²) in [7, 11) is -4.46. The molecule has 0 spiro atoms. The molecule has 1 rings (SSSR count). The van der Waals surface area contributed by atoms with Crippen molar-refractivity contribution in [3.05, 3.63) is 29.8 Å². The van der Waals surface area contributed by atoms with E-state index in [1.807, 2.05) is 12.1 Å². The Bertz CT molecular complexity index is 569. The first-order valence-electron chi connectivity index (χ1n) is 10.3. The molecule has 0 aromatic heterocycles. The van der Waals surface area contributed by atoms with Gasteiger partial charge in [0.2, 0.25) is 0 Å². The minimum absolute atomic E-state index is 0.230. The molecular weight excluding hydrogens is 348 g/mol. The van der Waals surface area contributed by atoms with Crippen molar-refractivity contribution in [3.63, 3.8) is 0 Å². The van der Waals surface area contributed by atoms with Gasteiger partial charge in [-0.05, 0) is 24.5 Å². The molecule has 0 heterocycles. The molecule has 0 aliphatic carbocycles. The fourth-order valence-corrected chi connectivity index (χ4v) is 3.63. The third-order valence-electron chi connectivity index (χ3n) is 4.72. The molecule has 1 N–H and O–H groups in total. The van der Waals surface area contributed by atoms with Crippen LogP contribution in [0.15, 0.2) is 24.3 Å². The van der Waals surface area contributed by atoms with Gasteiger partial charge in [-0.3, -0.25) is 4.55 Å². The zero-order valence-electron chi connectivity index (χ0n) is 16.3. The van der Waals surface area contributed by atoms with E-state index in [1.54, 1.807) is 12.1 Å². The normalized spacial score (nSPS) is 11.6. The number of benzene rings is 1. The van der Waals surface area contributed by atoms with Crippen LogP contribution in [0.4, 0.5) is 0 Å². The molecule has 150 valence electrons. The zero-order valence-corrected chi connectivity index (χ0v) is 17.1. The second-order valence-corrected chi connectivity index (χ2v) is 8.13. The second kappa shape index (κ2) is 14.0. The van der Waals surface area contributed by atoms with E-state index in [2.05, 4.69) is 11.1 Å². The highest BCUT2D eigenvalue weighted by atomic mass is 32.3. The third kappa shape index (κ3) is 12.3. The Balaban J connectivity index is 2.03. The average molecular weight is 385 g/mol. The Morgan fingerprint density at radius 1 is 0.769 bits per heavy atom. The van der Waals surface area contributed by atoms with Gasteiger partial charge in [0.25, 0.3) is 0 Å². The third-order valence-corrected chi connectivity index (χ3v) is 5.11. The lowest BCUT2D eigenvalue weighted by Gasteiger charge is -2.08. The molecule has 4 nitrogen and oxygen atoms in total. The van der Waals surface area contributed by atoms with Gasteiger partial charge in [0.05, 0.1) is 0 Å². The largest absolute Gasteiger partial charge is 0.446 e. The van der Waals surface area contributed by atoms with Gasteiger partial charge in [-0.25, -0.2) is 0 Å². The van der Waals surface area contributed by atoms with Crippen molar-refractivity contribution in [1.29, 1.82) is 0 Å². The predicted molar refractivity (Wildman–Crippen MR) is 108 cm³/mol. The van der Waals surface area contributed by atoms with Gasteiger partial charge in [0.15, 0.2) is 0 Å². The maximum atomic E-state index is 10.9. The van der Waals surface area contributed by atoms with E-state index in [0.29, 0.717) is 0 Å². The zero-order chi connectivity index (χ0) is 19.1. The molecule has 26 heavy (non-hydrogen) atoms. The van der Waals surface area contributed by atoms with Gasteiger partial charge in [0.1, 0.15) is 5.75 Å². The van der Waals surface area contributed by atoms with Crippen LogP contribution in [0.1, 0.15) is 96.0 Å². The molecule has 1 aromatic rings. The van der Waals surface area contributed by atoms with E-state index in [4.69, 9.17) is 4.55 Å². The SMILES string of the molecule is CCCCCCCCCCCCCCCc1ccccc1OS(=O)(=O)O. The van der Waals surface area contributed by atoms with Crippen molar-refractivity contribution in [2.75, 3.05) is 0 Å². The Morgan fingerprint density at radius 3 is 1.73 bits per heavy atom. The molecule has 0 atom stereocenters. The van der Waals surface area contributed by atoms with Crippen molar-refractivity contribution < 1.29 is 17.2 Å². The molecule has 0 amide bonds. The van der Waals surface area contributed by atoms with E-state index >= 15 is 0 Å². The van der Waals surface area contributed by atoms with Gasteiger partial charge >= 0.3 is 10.4 Å². The van der Waals surface area contributed by atoms with Gasteiger partial charge < -0.3 is 4.18 Å². The quantitative estimate of drug-likeness (QED) is 0.261. The lowest BCUT2D eigenvalue weighted by molar-refractivity contribution is 0.385. The molecule has 0 radical (unpaired) electrons. The summed E-state index contributed by atoms with van der Waals surface area (Å²) in [6.45, 7) is 2.26. The molecular formula is C21H36O4S. The van der Waals surface area contributed by atoms with Crippen LogP contribution in [0.25, 0.3) is 0 Å². The number of rotatable bonds is 16. The summed E-state index contributed by atoms with van der Waals surface area (Å²) in [4.78, 5) is 0. The number of unbranched alkanes of at least 4 members (excludes halogenated alkanes) is 12. The summed E-state index contributed by atoms with van der Waals surface area (Å²) >= 11 is 0. The van der Waals surface area contributed by atoms with Gasteiger partial charge in [0, 0.05) is 0 Å². The number of hydrogen-bond acceptors (Lipinski definition) is 3. The molecule has 0 unspecified atom stereocenters. The Labute approximate surface area is 160 Å². The number of aryl methyl sites for hydroxylation is 1. The number of hydrogen-bond donors (Lipinski definition) is 1. The summed E-state index contributed by atoms with van der Waals surface area (Å²) in [5.74, 6) is 0.230. The summed E-state index contributed by atoms with van der Waals surface area (Å²) in [5.41, 5.74) is 0.827. The van der Waals surface area contributed by atoms with Crippen LogP contribution in [-0.4, -0.2) is 13.0 Å². The van der Waals surface area contributed by atoms with E-state index in [9.17, 15) is 8.42 Å². The summed E-state index contributed by atoms with van der Waals surface area (Å²) in [6.07, 6.45) is 17.7. The van der Waals surface area contributed by atoms with Crippen LogP contribution >= 0.6 is 0 Å². The highest BCUT2D eigenvalue weighted by Gasteiger charge is 2.10. The molecule has 0 aliphatic heterocycles. The monoisotopic (exact) mass is 384 g/mol. The van der Waals surface area contributed by atoms with Crippen LogP contribution in [-0.2, 0) is 16.8 Å². The molecule has 0 bridgehead atoms. The molecule has 0 fully saturated rings. The predicted octanol–water partition coefficient (Wildman–Crippen LogP) is 6.50. The van der Waals surface area contributed by atoms with Crippen molar-refractivity contribution in [1.82, 2.24) is 0 Å². The molecule has 5 heteroatoms. The fourth-order valence-electron chi connectivity index (χ4n) is 3.24. The Kier molecular flexibility index (Phi) is 12.4. The molecule has 0 saturated carbocycles. The highest BCUT2D eigenvalue weighted by Crippen LogP contribution is 2.22. The van der Waals surface area contributed by atoms with E-state index in [-0.39, 0.29) is 5.75 Å². The van der Waals surface area contributed by atoms with E-state index in [1.165, 1.54) is 70.6 Å². The van der Waals surface area contributed by atoms with Crippen molar-refractivity contribution in [2.24, 2.45) is 0 Å². The first kappa shape index (κ1) is 23.0. The van der Waals surface area contributed by atoms with Gasteiger partial charge in [-0.2, -0.15) is 8.42 Å². The topological polar surface area (TPSA) is 63.6 Å². The lowest BCUT2D eigenvalue weighted by atomic mass is 10.0. The fraction of sp³-hybridized carbons (Fsp3) is 0.714. The molecule has 1 aromatic carbocycles. The van der Waals surface area contributed by atoms with Gasteiger partial charge in [-0.15, -0.1) is 0 Å². The standard InChI is InChI=1S/C21H36O4S/c1-2-3-4-5-6-7-8-9-10-11-12-13-14-17-20-18-15-16-19-21(20)25-26(22,23)24/h15-16,18-19H,2-14,17H2,1H3,(H,22,23,24). The minimum atomic E-state index is -4.46. The summed E-state index contributed by atoms with van der Waals surface area (Å²) in [5, 5.41) is 0. The van der Waals surface area contributed by atoms with Crippen LogP contribution in [0.2, 0.25) is 0 Å². The van der Waals surface area contributed by atoms with Crippen LogP contribution in [0.3, 0.4) is 0 Å². The van der Waals surface area contributed by atoms with Gasteiger partial charge in [-0.1, -0.05) is 102 Å². The first-order chi connectivity index (χ1) is 12.5. The maximum absolute atomic E-state index is 10.9. The lowest BCUT2D eigenvalue weighted by Crippen LogP contribution is -2.08. The molecule has 0 saturated heterocycles. The molecule has 0 aliphatic rings. The van der Waals surface area contributed by atoms with Crippen LogP contribution in [0.5, 0.6) is 5.75 Å². The maximum Gasteiger partial charge on any atom is 0.446 e. The summed E-state index contributed by atoms with van der Waals surface area (Å²) < 4.78 is 35.2. The van der Waals surface area contributed by atoms with Crippen molar-refractivity contribution in [2.45, 2.75) is 96.8 Å². The minimum Gasteiger partial charge on any atom is -0.362 e. The van der Waals surface area contributed by atoms with E-state index < -0.39 is 10.4 Å². The van der Waals surface area contributed by atoms with E-state index in [0.717, 1.165) is 24.8 Å².